The molecule has 1 fully saturated rings. The fourth-order valence-electron chi connectivity index (χ4n) is 4.47. The van der Waals surface area contributed by atoms with Gasteiger partial charge < -0.3 is 10.1 Å². The third kappa shape index (κ3) is 4.73. The molecule has 1 aliphatic rings. The molecule has 0 atom stereocenters. The summed E-state index contributed by atoms with van der Waals surface area (Å²) >= 11 is 0. The van der Waals surface area contributed by atoms with Crippen LogP contribution in [0.25, 0.3) is 16.7 Å². The number of amides is 1. The van der Waals surface area contributed by atoms with Crippen LogP contribution in [0.15, 0.2) is 46.1 Å². The van der Waals surface area contributed by atoms with Crippen molar-refractivity contribution in [2.45, 2.75) is 51.6 Å². The summed E-state index contributed by atoms with van der Waals surface area (Å²) < 4.78 is 21.2. The van der Waals surface area contributed by atoms with Gasteiger partial charge in [0.1, 0.15) is 5.82 Å². The summed E-state index contributed by atoms with van der Waals surface area (Å²) in [5, 5.41) is 2.96. The van der Waals surface area contributed by atoms with Crippen molar-refractivity contribution in [2.75, 3.05) is 7.11 Å². The number of aromatic nitrogens is 3. The first-order valence-corrected chi connectivity index (χ1v) is 11.5. The maximum atomic E-state index is 14.1. The highest BCUT2D eigenvalue weighted by atomic mass is 19.1. The topological polar surface area (TPSA) is 112 Å². The molecule has 0 saturated heterocycles. The number of nitrogens with one attached hydrogen (secondary N) is 1. The molecule has 10 heteroatoms. The van der Waals surface area contributed by atoms with Crippen LogP contribution in [0.4, 0.5) is 4.39 Å². The lowest BCUT2D eigenvalue weighted by atomic mass is 9.90. The lowest BCUT2D eigenvalue weighted by Crippen LogP contribution is -2.45. The lowest BCUT2D eigenvalue weighted by Gasteiger charge is -2.30. The number of ether oxygens (including phenoxy) is 1. The standard InChI is InChI=1S/C25H27FN4O5/c1-14(2)22(31)28-17-7-9-18(10-8-17)30-23(32)20-12-16(26)13-27-21(20)29(25(30)34)19-6-4-5-15(11-19)24(33)35-3/h4-6,11-14,17-18H,7-10H2,1-3H3,(H,28,31). The minimum absolute atomic E-state index is 0.00227. The van der Waals surface area contributed by atoms with Crippen LogP contribution < -0.4 is 16.6 Å². The Kier molecular flexibility index (Phi) is 6.81. The van der Waals surface area contributed by atoms with E-state index in [1.54, 1.807) is 18.2 Å². The second-order valence-electron chi connectivity index (χ2n) is 9.03. The Hall–Kier alpha value is -3.82. The predicted molar refractivity (Wildman–Crippen MR) is 127 cm³/mol. The zero-order valence-electron chi connectivity index (χ0n) is 19.8. The van der Waals surface area contributed by atoms with Crippen LogP contribution in [0.2, 0.25) is 0 Å². The molecule has 2 heterocycles. The molecule has 184 valence electrons. The highest BCUT2D eigenvalue weighted by Gasteiger charge is 2.28. The summed E-state index contributed by atoms with van der Waals surface area (Å²) in [7, 11) is 1.25. The number of benzene rings is 1. The van der Waals surface area contributed by atoms with Crippen LogP contribution in [0.3, 0.4) is 0 Å². The van der Waals surface area contributed by atoms with E-state index in [0.29, 0.717) is 31.4 Å². The number of rotatable bonds is 5. The van der Waals surface area contributed by atoms with Crippen LogP contribution in [0, 0.1) is 11.7 Å². The van der Waals surface area contributed by atoms with Gasteiger partial charge in [-0.05, 0) is 49.9 Å². The van der Waals surface area contributed by atoms with E-state index < -0.39 is 29.1 Å². The molecule has 4 rings (SSSR count). The molecule has 1 saturated carbocycles. The van der Waals surface area contributed by atoms with E-state index in [0.717, 1.165) is 16.8 Å². The smallest absolute Gasteiger partial charge is 0.337 e. The van der Waals surface area contributed by atoms with Gasteiger partial charge in [0.25, 0.3) is 5.56 Å². The first-order chi connectivity index (χ1) is 16.7. The number of esters is 1. The van der Waals surface area contributed by atoms with Gasteiger partial charge in [0.2, 0.25) is 5.91 Å². The second-order valence-corrected chi connectivity index (χ2v) is 9.03. The molecule has 1 N–H and O–H groups in total. The Bertz CT molecular complexity index is 1400. The van der Waals surface area contributed by atoms with Gasteiger partial charge in [0.15, 0.2) is 5.65 Å². The number of hydrogen-bond acceptors (Lipinski definition) is 6. The average molecular weight is 483 g/mol. The number of fused-ring (bicyclic) bond motifs is 1. The minimum Gasteiger partial charge on any atom is -0.465 e. The van der Waals surface area contributed by atoms with Gasteiger partial charge in [-0.15, -0.1) is 0 Å². The van der Waals surface area contributed by atoms with Crippen LogP contribution in [-0.4, -0.2) is 39.1 Å². The first kappa shape index (κ1) is 24.3. The zero-order valence-corrected chi connectivity index (χ0v) is 19.8. The molecule has 0 unspecified atom stereocenters. The summed E-state index contributed by atoms with van der Waals surface area (Å²) in [6, 6.07) is 6.80. The van der Waals surface area contributed by atoms with Gasteiger partial charge in [-0.25, -0.2) is 23.5 Å². The summed E-state index contributed by atoms with van der Waals surface area (Å²) in [4.78, 5) is 55.2. The van der Waals surface area contributed by atoms with Crippen LogP contribution in [0.5, 0.6) is 0 Å². The zero-order chi connectivity index (χ0) is 25.3. The SMILES string of the molecule is COC(=O)c1cccc(-n2c(=O)n(C3CCC(NC(=O)C(C)C)CC3)c(=O)c3cc(F)cnc32)c1. The molecule has 1 aromatic carbocycles. The summed E-state index contributed by atoms with van der Waals surface area (Å²) in [5.74, 6) is -1.45. The van der Waals surface area contributed by atoms with Crippen LogP contribution >= 0.6 is 0 Å². The molecule has 3 aromatic rings. The largest absolute Gasteiger partial charge is 0.465 e. The van der Waals surface area contributed by atoms with Crippen molar-refractivity contribution in [3.63, 3.8) is 0 Å². The molecule has 0 radical (unpaired) electrons. The highest BCUT2D eigenvalue weighted by Crippen LogP contribution is 2.27. The second kappa shape index (κ2) is 9.81. The minimum atomic E-state index is -0.699. The lowest BCUT2D eigenvalue weighted by molar-refractivity contribution is -0.125. The third-order valence-corrected chi connectivity index (χ3v) is 6.35. The normalized spacial score (nSPS) is 18.0. The molecule has 2 aromatic heterocycles. The highest BCUT2D eigenvalue weighted by molar-refractivity contribution is 5.90. The molecule has 0 aliphatic heterocycles. The van der Waals surface area contributed by atoms with Crippen molar-refractivity contribution in [2.24, 2.45) is 5.92 Å². The van der Waals surface area contributed by atoms with Gasteiger partial charge in [-0.2, -0.15) is 0 Å². The fourth-order valence-corrected chi connectivity index (χ4v) is 4.47. The Balaban J connectivity index is 1.81. The number of methoxy groups -OCH3 is 1. The molecule has 9 nitrogen and oxygen atoms in total. The Morgan fingerprint density at radius 3 is 2.51 bits per heavy atom. The first-order valence-electron chi connectivity index (χ1n) is 11.5. The van der Waals surface area contributed by atoms with Crippen molar-refractivity contribution in [1.82, 2.24) is 19.4 Å². The van der Waals surface area contributed by atoms with E-state index in [1.165, 1.54) is 17.7 Å². The van der Waals surface area contributed by atoms with Crippen molar-refractivity contribution < 1.29 is 18.7 Å². The quantitative estimate of drug-likeness (QED) is 0.560. The number of hydrogen-bond donors (Lipinski definition) is 1. The van der Waals surface area contributed by atoms with Gasteiger partial charge in [-0.3, -0.25) is 14.2 Å². The third-order valence-electron chi connectivity index (χ3n) is 6.35. The van der Waals surface area contributed by atoms with Gasteiger partial charge >= 0.3 is 11.7 Å². The molecule has 0 bridgehead atoms. The molecular weight excluding hydrogens is 455 g/mol. The number of carbonyl (C=O) groups excluding carboxylic acids is 2. The van der Waals surface area contributed by atoms with Gasteiger partial charge in [0, 0.05) is 18.0 Å². The van der Waals surface area contributed by atoms with E-state index in [4.69, 9.17) is 4.74 Å². The Labute approximate surface area is 200 Å². The summed E-state index contributed by atoms with van der Waals surface area (Å²) in [6.07, 6.45) is 3.14. The number of halogens is 1. The van der Waals surface area contributed by atoms with E-state index in [1.807, 2.05) is 13.8 Å². The summed E-state index contributed by atoms with van der Waals surface area (Å²) in [6.45, 7) is 3.64. The Morgan fingerprint density at radius 2 is 1.86 bits per heavy atom. The monoisotopic (exact) mass is 482 g/mol. The summed E-state index contributed by atoms with van der Waals surface area (Å²) in [5.41, 5.74) is -0.733. The van der Waals surface area contributed by atoms with Crippen molar-refractivity contribution in [1.29, 1.82) is 0 Å². The number of nitrogens with zero attached hydrogens (tertiary/aromatic N) is 3. The molecule has 35 heavy (non-hydrogen) atoms. The molecule has 1 aliphatic carbocycles. The van der Waals surface area contributed by atoms with E-state index >= 15 is 0 Å². The number of pyridine rings is 1. The van der Waals surface area contributed by atoms with Crippen molar-refractivity contribution >= 4 is 22.9 Å². The van der Waals surface area contributed by atoms with E-state index in [-0.39, 0.29) is 34.5 Å². The Morgan fingerprint density at radius 1 is 1.14 bits per heavy atom. The maximum Gasteiger partial charge on any atom is 0.337 e. The van der Waals surface area contributed by atoms with Crippen LogP contribution in [-0.2, 0) is 9.53 Å². The predicted octanol–water partition coefficient (Wildman–Crippen LogP) is 2.73. The molecule has 0 spiro atoms. The van der Waals surface area contributed by atoms with E-state index in [9.17, 15) is 23.6 Å². The van der Waals surface area contributed by atoms with Gasteiger partial charge in [0.05, 0.1) is 29.9 Å². The van der Waals surface area contributed by atoms with Gasteiger partial charge in [-0.1, -0.05) is 19.9 Å². The fraction of sp³-hybridized carbons (Fsp3) is 0.400. The molecular formula is C25H27FN4O5. The van der Waals surface area contributed by atoms with Crippen molar-refractivity contribution in [3.05, 3.63) is 68.7 Å². The van der Waals surface area contributed by atoms with E-state index in [2.05, 4.69) is 10.3 Å². The number of carbonyl (C=O) groups is 2. The maximum absolute atomic E-state index is 14.1. The average Bonchev–Trinajstić information content (AvgIpc) is 2.85. The molecule has 1 amide bonds. The van der Waals surface area contributed by atoms with Crippen LogP contribution in [0.1, 0.15) is 55.9 Å². The van der Waals surface area contributed by atoms with Crippen molar-refractivity contribution in [3.8, 4) is 5.69 Å².